The van der Waals surface area contributed by atoms with Crippen LogP contribution in [-0.2, 0) is 7.05 Å². The molecule has 4 aromatic rings. The highest BCUT2D eigenvalue weighted by molar-refractivity contribution is 5.66. The number of nitrogen functional groups attached to an aromatic ring is 1. The normalized spacial score (nSPS) is 12.4. The van der Waals surface area contributed by atoms with Crippen LogP contribution in [0, 0.1) is 0 Å². The van der Waals surface area contributed by atoms with Gasteiger partial charge >= 0.3 is 0 Å². The van der Waals surface area contributed by atoms with Crippen LogP contribution in [0.15, 0.2) is 55.4 Å². The first-order valence-corrected chi connectivity index (χ1v) is 8.24. The molecule has 8 heteroatoms. The number of aromatic nitrogens is 5. The van der Waals surface area contributed by atoms with Crippen LogP contribution >= 0.6 is 0 Å². The SMILES string of the molecule is CC(c1ccc2nccn2c1)N(N)c1nc(-c2ccn(C)c2)cnc1N. The van der Waals surface area contributed by atoms with E-state index < -0.39 is 0 Å². The lowest BCUT2D eigenvalue weighted by Crippen LogP contribution is -2.35. The molecular weight excluding hydrogens is 328 g/mol. The maximum Gasteiger partial charge on any atom is 0.186 e. The summed E-state index contributed by atoms with van der Waals surface area (Å²) in [6.07, 6.45) is 11.2. The largest absolute Gasteiger partial charge is 0.381 e. The molecule has 0 fully saturated rings. The Morgan fingerprint density at radius 3 is 2.73 bits per heavy atom. The number of hydrogen-bond acceptors (Lipinski definition) is 6. The van der Waals surface area contributed by atoms with Crippen molar-refractivity contribution in [1.29, 1.82) is 0 Å². The van der Waals surface area contributed by atoms with E-state index in [9.17, 15) is 0 Å². The molecule has 0 saturated heterocycles. The van der Waals surface area contributed by atoms with Gasteiger partial charge < -0.3 is 14.7 Å². The van der Waals surface area contributed by atoms with Crippen LogP contribution in [0.2, 0.25) is 0 Å². The summed E-state index contributed by atoms with van der Waals surface area (Å²) >= 11 is 0. The van der Waals surface area contributed by atoms with Gasteiger partial charge in [0.2, 0.25) is 0 Å². The molecule has 0 aliphatic carbocycles. The van der Waals surface area contributed by atoms with Crippen LogP contribution < -0.4 is 16.6 Å². The van der Waals surface area contributed by atoms with Crippen molar-refractivity contribution in [2.45, 2.75) is 13.0 Å². The quantitative estimate of drug-likeness (QED) is 0.433. The number of imidazole rings is 1. The van der Waals surface area contributed by atoms with Crippen LogP contribution in [0.1, 0.15) is 18.5 Å². The summed E-state index contributed by atoms with van der Waals surface area (Å²) < 4.78 is 3.91. The van der Waals surface area contributed by atoms with Crippen molar-refractivity contribution in [3.63, 3.8) is 0 Å². The maximum absolute atomic E-state index is 6.36. The van der Waals surface area contributed by atoms with Crippen molar-refractivity contribution in [3.8, 4) is 11.3 Å². The van der Waals surface area contributed by atoms with Crippen LogP contribution in [0.5, 0.6) is 0 Å². The van der Waals surface area contributed by atoms with E-state index in [2.05, 4.69) is 15.0 Å². The summed E-state index contributed by atoms with van der Waals surface area (Å²) in [5, 5.41) is 1.55. The molecule has 4 aromatic heterocycles. The number of nitrogens with zero attached hydrogens (tertiary/aromatic N) is 6. The van der Waals surface area contributed by atoms with E-state index in [-0.39, 0.29) is 6.04 Å². The van der Waals surface area contributed by atoms with Crippen molar-refractivity contribution in [2.75, 3.05) is 10.7 Å². The monoisotopic (exact) mass is 348 g/mol. The summed E-state index contributed by atoms with van der Waals surface area (Å²) in [7, 11) is 1.96. The number of pyridine rings is 1. The summed E-state index contributed by atoms with van der Waals surface area (Å²) in [5.41, 5.74) is 9.63. The van der Waals surface area contributed by atoms with Crippen molar-refractivity contribution < 1.29 is 0 Å². The minimum absolute atomic E-state index is 0.149. The zero-order chi connectivity index (χ0) is 18.3. The van der Waals surface area contributed by atoms with E-state index in [1.165, 1.54) is 0 Å². The van der Waals surface area contributed by atoms with Crippen LogP contribution in [0.3, 0.4) is 0 Å². The zero-order valence-corrected chi connectivity index (χ0v) is 14.6. The summed E-state index contributed by atoms with van der Waals surface area (Å²) in [6, 6.07) is 5.78. The minimum atomic E-state index is -0.149. The predicted molar refractivity (Wildman–Crippen MR) is 101 cm³/mol. The molecule has 0 aliphatic heterocycles. The molecule has 1 unspecified atom stereocenters. The van der Waals surface area contributed by atoms with Gasteiger partial charge in [0, 0.05) is 43.6 Å². The third-order valence-corrected chi connectivity index (χ3v) is 4.46. The Bertz CT molecular complexity index is 1060. The fourth-order valence-corrected chi connectivity index (χ4v) is 2.90. The second-order valence-electron chi connectivity index (χ2n) is 6.27. The summed E-state index contributed by atoms with van der Waals surface area (Å²) in [4.78, 5) is 13.2. The smallest absolute Gasteiger partial charge is 0.186 e. The van der Waals surface area contributed by atoms with Crippen molar-refractivity contribution >= 4 is 17.3 Å². The first kappa shape index (κ1) is 16.1. The fourth-order valence-electron chi connectivity index (χ4n) is 2.90. The van der Waals surface area contributed by atoms with E-state index in [0.29, 0.717) is 11.6 Å². The number of nitrogens with two attached hydrogens (primary N) is 2. The second-order valence-corrected chi connectivity index (χ2v) is 6.27. The molecule has 0 spiro atoms. The van der Waals surface area contributed by atoms with Gasteiger partial charge in [0.25, 0.3) is 0 Å². The number of hydrazine groups is 1. The number of aryl methyl sites for hydroxylation is 1. The van der Waals surface area contributed by atoms with Gasteiger partial charge in [0.05, 0.1) is 17.9 Å². The van der Waals surface area contributed by atoms with E-state index in [1.54, 1.807) is 17.4 Å². The van der Waals surface area contributed by atoms with Gasteiger partial charge in [-0.2, -0.15) is 0 Å². The molecule has 0 bridgehead atoms. The molecule has 0 saturated carbocycles. The summed E-state index contributed by atoms with van der Waals surface area (Å²) in [6.45, 7) is 1.99. The minimum Gasteiger partial charge on any atom is -0.381 e. The molecule has 1 atom stereocenters. The number of rotatable bonds is 4. The van der Waals surface area contributed by atoms with Gasteiger partial charge in [-0.05, 0) is 24.6 Å². The number of fused-ring (bicyclic) bond motifs is 1. The Morgan fingerprint density at radius 1 is 1.12 bits per heavy atom. The Labute approximate surface area is 150 Å². The lowest BCUT2D eigenvalue weighted by atomic mass is 10.1. The molecule has 4 heterocycles. The van der Waals surface area contributed by atoms with Gasteiger partial charge in [-0.1, -0.05) is 6.07 Å². The third-order valence-electron chi connectivity index (χ3n) is 4.46. The van der Waals surface area contributed by atoms with Gasteiger partial charge in [0.15, 0.2) is 11.6 Å². The average molecular weight is 348 g/mol. The van der Waals surface area contributed by atoms with Crippen LogP contribution in [-0.4, -0.2) is 23.9 Å². The Kier molecular flexibility index (Phi) is 3.81. The standard InChI is InChI=1S/C18H20N8/c1-12(13-3-4-16-21-6-8-25(16)11-13)26(20)18-17(19)22-9-15(23-18)14-5-7-24(2)10-14/h3-12H,20H2,1-2H3,(H2,19,22). The topological polar surface area (TPSA) is 103 Å². The summed E-state index contributed by atoms with van der Waals surface area (Å²) in [5.74, 6) is 7.11. The average Bonchev–Trinajstić information content (AvgIpc) is 3.29. The lowest BCUT2D eigenvalue weighted by molar-refractivity contribution is 0.682. The maximum atomic E-state index is 6.36. The molecule has 0 aromatic carbocycles. The predicted octanol–water partition coefficient (Wildman–Crippen LogP) is 2.15. The molecule has 0 aliphatic rings. The van der Waals surface area contributed by atoms with Gasteiger partial charge in [-0.25, -0.2) is 20.8 Å². The Balaban J connectivity index is 1.69. The number of hydrogen-bond donors (Lipinski definition) is 2. The molecule has 26 heavy (non-hydrogen) atoms. The lowest BCUT2D eigenvalue weighted by Gasteiger charge is -2.26. The highest BCUT2D eigenvalue weighted by Gasteiger charge is 2.19. The Hall–Kier alpha value is -3.39. The van der Waals surface area contributed by atoms with Gasteiger partial charge in [-0.3, -0.25) is 5.01 Å². The highest BCUT2D eigenvalue weighted by atomic mass is 15.5. The van der Waals surface area contributed by atoms with Crippen molar-refractivity contribution in [1.82, 2.24) is 23.9 Å². The molecule has 4 N–H and O–H groups in total. The molecule has 4 rings (SSSR count). The molecular formula is C18H20N8. The van der Waals surface area contributed by atoms with Gasteiger partial charge in [0.1, 0.15) is 5.65 Å². The van der Waals surface area contributed by atoms with Crippen molar-refractivity contribution in [2.24, 2.45) is 12.9 Å². The first-order chi connectivity index (χ1) is 12.5. The van der Waals surface area contributed by atoms with E-state index in [1.807, 2.05) is 65.9 Å². The second kappa shape index (κ2) is 6.16. The molecule has 0 radical (unpaired) electrons. The molecule has 8 nitrogen and oxygen atoms in total. The van der Waals surface area contributed by atoms with E-state index in [0.717, 1.165) is 22.5 Å². The fraction of sp³-hybridized carbons (Fsp3) is 0.167. The molecule has 0 amide bonds. The van der Waals surface area contributed by atoms with E-state index in [4.69, 9.17) is 11.6 Å². The Morgan fingerprint density at radius 2 is 1.96 bits per heavy atom. The zero-order valence-electron chi connectivity index (χ0n) is 14.6. The third kappa shape index (κ3) is 2.76. The van der Waals surface area contributed by atoms with Crippen molar-refractivity contribution in [3.05, 3.63) is 60.9 Å². The first-order valence-electron chi connectivity index (χ1n) is 8.24. The van der Waals surface area contributed by atoms with Crippen LogP contribution in [0.4, 0.5) is 11.6 Å². The van der Waals surface area contributed by atoms with Gasteiger partial charge in [-0.15, -0.1) is 0 Å². The molecule has 132 valence electrons. The number of anilines is 2. The highest BCUT2D eigenvalue weighted by Crippen LogP contribution is 2.28. The van der Waals surface area contributed by atoms with Crippen LogP contribution in [0.25, 0.3) is 16.9 Å². The van der Waals surface area contributed by atoms with E-state index >= 15 is 0 Å².